The molecule has 0 aromatic rings. The van der Waals surface area contributed by atoms with Gasteiger partial charge in [0, 0.05) is 18.1 Å². The summed E-state index contributed by atoms with van der Waals surface area (Å²) >= 11 is 0. The number of nitrogens with zero attached hydrogens (tertiary/aromatic N) is 1. The first-order valence-corrected chi connectivity index (χ1v) is 5.75. The van der Waals surface area contributed by atoms with Crippen LogP contribution in [0.5, 0.6) is 0 Å². The number of hydrogen-bond donors (Lipinski definition) is 0. The van der Waals surface area contributed by atoms with Crippen molar-refractivity contribution in [2.24, 2.45) is 11.8 Å². The summed E-state index contributed by atoms with van der Waals surface area (Å²) in [5.74, 6) is 1.97. The summed E-state index contributed by atoms with van der Waals surface area (Å²) in [5, 5.41) is 0. The molecule has 0 unspecified atom stereocenters. The number of hydrogen-bond acceptors (Lipinski definition) is 1. The molecule has 3 rings (SSSR count). The van der Waals surface area contributed by atoms with E-state index in [0.29, 0.717) is 5.54 Å². The molecule has 0 amide bonds. The van der Waals surface area contributed by atoms with Crippen LogP contribution in [0.25, 0.3) is 0 Å². The summed E-state index contributed by atoms with van der Waals surface area (Å²) in [6.07, 6.45) is 4.38. The molecule has 0 N–H and O–H groups in total. The Morgan fingerprint density at radius 3 is 2.23 bits per heavy atom. The number of rotatable bonds is 0. The van der Waals surface area contributed by atoms with Gasteiger partial charge < -0.3 is 0 Å². The molecule has 76 valence electrons. The fraction of sp³-hybridized carbons (Fsp3) is 1.00. The van der Waals surface area contributed by atoms with E-state index < -0.39 is 0 Å². The minimum atomic E-state index is 0.392. The van der Waals surface area contributed by atoms with Crippen LogP contribution in [0.2, 0.25) is 0 Å². The minimum Gasteiger partial charge on any atom is -0.295 e. The van der Waals surface area contributed by atoms with Gasteiger partial charge in [-0.15, -0.1) is 0 Å². The molecule has 0 aromatic carbocycles. The summed E-state index contributed by atoms with van der Waals surface area (Å²) in [6.45, 7) is 10.9. The SMILES string of the molecule is C[C@@H]1C[C@H]2CC[C@@H]1CN2C(C)(C)C. The number of piperidine rings is 2. The third-order valence-corrected chi connectivity index (χ3v) is 4.05. The molecule has 3 fully saturated rings. The molecule has 0 radical (unpaired) electrons. The zero-order valence-electron chi connectivity index (χ0n) is 9.51. The molecule has 3 aliphatic rings. The highest BCUT2D eigenvalue weighted by Gasteiger charge is 2.41. The summed E-state index contributed by atoms with van der Waals surface area (Å²) in [6, 6.07) is 0.889. The van der Waals surface area contributed by atoms with Crippen molar-refractivity contribution >= 4 is 0 Å². The second kappa shape index (κ2) is 2.98. The average Bonchev–Trinajstić information content (AvgIpc) is 2.03. The van der Waals surface area contributed by atoms with Crippen LogP contribution in [0.1, 0.15) is 47.0 Å². The smallest absolute Gasteiger partial charge is 0.0128 e. The van der Waals surface area contributed by atoms with Gasteiger partial charge >= 0.3 is 0 Å². The molecule has 2 saturated heterocycles. The van der Waals surface area contributed by atoms with Crippen molar-refractivity contribution in [1.29, 1.82) is 0 Å². The van der Waals surface area contributed by atoms with Crippen LogP contribution in [0.4, 0.5) is 0 Å². The van der Waals surface area contributed by atoms with Crippen LogP contribution in [0, 0.1) is 11.8 Å². The van der Waals surface area contributed by atoms with Crippen LogP contribution >= 0.6 is 0 Å². The molecule has 13 heavy (non-hydrogen) atoms. The van der Waals surface area contributed by atoms with Gasteiger partial charge in [0.25, 0.3) is 0 Å². The maximum atomic E-state index is 2.74. The van der Waals surface area contributed by atoms with Crippen LogP contribution < -0.4 is 0 Å². The Kier molecular flexibility index (Phi) is 2.18. The van der Waals surface area contributed by atoms with Gasteiger partial charge in [0.05, 0.1) is 0 Å². The molecule has 2 aliphatic heterocycles. The Balaban J connectivity index is 2.11. The molecule has 0 aromatic heterocycles. The van der Waals surface area contributed by atoms with E-state index in [-0.39, 0.29) is 0 Å². The highest BCUT2D eigenvalue weighted by molar-refractivity contribution is 4.96. The lowest BCUT2D eigenvalue weighted by atomic mass is 9.71. The van der Waals surface area contributed by atoms with Crippen molar-refractivity contribution < 1.29 is 0 Å². The van der Waals surface area contributed by atoms with Gasteiger partial charge in [-0.25, -0.2) is 0 Å². The van der Waals surface area contributed by atoms with Crippen molar-refractivity contribution in [3.05, 3.63) is 0 Å². The first kappa shape index (κ1) is 9.51. The monoisotopic (exact) mass is 181 g/mol. The molecule has 1 aliphatic carbocycles. The van der Waals surface area contributed by atoms with E-state index in [2.05, 4.69) is 32.6 Å². The lowest BCUT2D eigenvalue weighted by Gasteiger charge is -2.54. The summed E-state index contributed by atoms with van der Waals surface area (Å²) in [4.78, 5) is 2.74. The van der Waals surface area contributed by atoms with Crippen LogP contribution in [0.15, 0.2) is 0 Å². The minimum absolute atomic E-state index is 0.392. The first-order chi connectivity index (χ1) is 5.98. The first-order valence-electron chi connectivity index (χ1n) is 5.75. The van der Waals surface area contributed by atoms with Gasteiger partial charge in [0.2, 0.25) is 0 Å². The zero-order valence-corrected chi connectivity index (χ0v) is 9.51. The maximum absolute atomic E-state index is 2.74. The standard InChI is InChI=1S/C12H23N/c1-9-7-11-6-5-10(9)8-13(11)12(2,3)4/h9-11H,5-8H2,1-4H3/t9-,10-,11-/m1/s1. The molecular formula is C12H23N. The zero-order chi connectivity index (χ0) is 9.64. The summed E-state index contributed by atoms with van der Waals surface area (Å²) in [5.41, 5.74) is 0.392. The topological polar surface area (TPSA) is 3.24 Å². The fourth-order valence-electron chi connectivity index (χ4n) is 3.21. The Morgan fingerprint density at radius 1 is 1.15 bits per heavy atom. The lowest BCUT2D eigenvalue weighted by molar-refractivity contribution is -0.0424. The highest BCUT2D eigenvalue weighted by atomic mass is 15.2. The van der Waals surface area contributed by atoms with Gasteiger partial charge in [-0.2, -0.15) is 0 Å². The predicted octanol–water partition coefficient (Wildman–Crippen LogP) is 2.91. The Morgan fingerprint density at radius 2 is 1.85 bits per heavy atom. The largest absolute Gasteiger partial charge is 0.295 e. The van der Waals surface area contributed by atoms with Gasteiger partial charge in [-0.1, -0.05) is 6.92 Å². The normalized spacial score (nSPS) is 41.1. The molecule has 2 bridgehead atoms. The van der Waals surface area contributed by atoms with Crippen molar-refractivity contribution in [2.75, 3.05) is 6.54 Å². The van der Waals surface area contributed by atoms with Crippen LogP contribution in [0.3, 0.4) is 0 Å². The highest BCUT2D eigenvalue weighted by Crippen LogP contribution is 2.41. The van der Waals surface area contributed by atoms with Crippen LogP contribution in [-0.4, -0.2) is 23.0 Å². The number of fused-ring (bicyclic) bond motifs is 3. The molecular weight excluding hydrogens is 158 g/mol. The van der Waals surface area contributed by atoms with Gasteiger partial charge in [0.15, 0.2) is 0 Å². The molecule has 3 atom stereocenters. The van der Waals surface area contributed by atoms with Crippen molar-refractivity contribution in [2.45, 2.75) is 58.5 Å². The van der Waals surface area contributed by atoms with E-state index in [1.54, 1.807) is 0 Å². The van der Waals surface area contributed by atoms with E-state index in [4.69, 9.17) is 0 Å². The predicted molar refractivity (Wildman–Crippen MR) is 56.8 cm³/mol. The van der Waals surface area contributed by atoms with E-state index in [9.17, 15) is 0 Å². The molecule has 0 spiro atoms. The lowest BCUT2D eigenvalue weighted by Crippen LogP contribution is -2.58. The average molecular weight is 181 g/mol. The molecule has 2 heterocycles. The van der Waals surface area contributed by atoms with Gasteiger partial charge in [0.1, 0.15) is 0 Å². The summed E-state index contributed by atoms with van der Waals surface area (Å²) < 4.78 is 0. The van der Waals surface area contributed by atoms with Crippen LogP contribution in [-0.2, 0) is 0 Å². The quantitative estimate of drug-likeness (QED) is 0.555. The Bertz CT molecular complexity index is 192. The fourth-order valence-corrected chi connectivity index (χ4v) is 3.21. The molecule has 1 saturated carbocycles. The molecule has 1 nitrogen and oxygen atoms in total. The van der Waals surface area contributed by atoms with Gasteiger partial charge in [-0.05, 0) is 51.9 Å². The van der Waals surface area contributed by atoms with E-state index in [0.717, 1.165) is 17.9 Å². The van der Waals surface area contributed by atoms with E-state index >= 15 is 0 Å². The molecule has 1 heteroatoms. The summed E-state index contributed by atoms with van der Waals surface area (Å²) in [7, 11) is 0. The van der Waals surface area contributed by atoms with Gasteiger partial charge in [-0.3, -0.25) is 4.90 Å². The van der Waals surface area contributed by atoms with Crippen molar-refractivity contribution in [1.82, 2.24) is 4.90 Å². The Hall–Kier alpha value is -0.0400. The van der Waals surface area contributed by atoms with E-state index in [1.165, 1.54) is 25.8 Å². The second-order valence-corrected chi connectivity index (χ2v) is 6.03. The van der Waals surface area contributed by atoms with E-state index in [1.807, 2.05) is 0 Å². The maximum Gasteiger partial charge on any atom is 0.0128 e. The Labute approximate surface area is 82.5 Å². The van der Waals surface area contributed by atoms with Crippen molar-refractivity contribution in [3.63, 3.8) is 0 Å². The second-order valence-electron chi connectivity index (χ2n) is 6.03. The third kappa shape index (κ3) is 1.63. The van der Waals surface area contributed by atoms with Crippen molar-refractivity contribution in [3.8, 4) is 0 Å². The third-order valence-electron chi connectivity index (χ3n) is 4.05.